The second kappa shape index (κ2) is 6.19. The van der Waals surface area contributed by atoms with E-state index in [-0.39, 0.29) is 12.6 Å². The number of aliphatic hydroxyl groups is 1. The quantitative estimate of drug-likeness (QED) is 0.792. The molecule has 0 aromatic heterocycles. The van der Waals surface area contributed by atoms with Crippen LogP contribution in [0.3, 0.4) is 0 Å². The molecule has 17 heavy (non-hydrogen) atoms. The average Bonchev–Trinajstić information content (AvgIpc) is 2.24. The van der Waals surface area contributed by atoms with Gasteiger partial charge in [-0.05, 0) is 30.1 Å². The van der Waals surface area contributed by atoms with E-state index in [1.165, 1.54) is 25.7 Å². The predicted octanol–water partition coefficient (Wildman–Crippen LogP) is 3.20. The zero-order chi connectivity index (χ0) is 13.1. The predicted molar refractivity (Wildman–Crippen MR) is 74.0 cm³/mol. The maximum atomic E-state index is 9.45. The first kappa shape index (κ1) is 15.0. The number of rotatable bonds is 4. The number of hydrogen-bond donors (Lipinski definition) is 2. The Labute approximate surface area is 107 Å². The lowest BCUT2D eigenvalue weighted by Crippen LogP contribution is -2.51. The molecule has 102 valence electrons. The van der Waals surface area contributed by atoms with Gasteiger partial charge in [0.15, 0.2) is 0 Å². The summed E-state index contributed by atoms with van der Waals surface area (Å²) in [5, 5.41) is 13.2. The Balaban J connectivity index is 2.65. The molecule has 0 heterocycles. The summed E-state index contributed by atoms with van der Waals surface area (Å²) < 4.78 is 0. The Hall–Kier alpha value is -0.0800. The monoisotopic (exact) mass is 241 g/mol. The standard InChI is InChI=1S/C15H31NO/c1-11(2)14(10-17)16-13-9-7-6-8-12(13)15(3,4)5/h11-14,16-17H,6-10H2,1-5H3. The van der Waals surface area contributed by atoms with Gasteiger partial charge in [0.25, 0.3) is 0 Å². The van der Waals surface area contributed by atoms with Gasteiger partial charge in [-0.15, -0.1) is 0 Å². The SMILES string of the molecule is CC(C)C(CO)NC1CCCCC1C(C)(C)C. The van der Waals surface area contributed by atoms with Crippen LogP contribution in [-0.4, -0.2) is 23.8 Å². The highest BCUT2D eigenvalue weighted by Crippen LogP contribution is 2.38. The van der Waals surface area contributed by atoms with Crippen molar-refractivity contribution < 1.29 is 5.11 Å². The largest absolute Gasteiger partial charge is 0.395 e. The fraction of sp³-hybridized carbons (Fsp3) is 1.00. The third-order valence-corrected chi connectivity index (χ3v) is 4.31. The molecule has 1 aliphatic carbocycles. The smallest absolute Gasteiger partial charge is 0.0587 e. The molecular formula is C15H31NO. The van der Waals surface area contributed by atoms with Gasteiger partial charge in [-0.3, -0.25) is 0 Å². The minimum absolute atomic E-state index is 0.253. The van der Waals surface area contributed by atoms with Gasteiger partial charge in [-0.25, -0.2) is 0 Å². The van der Waals surface area contributed by atoms with Crippen molar-refractivity contribution in [2.75, 3.05) is 6.61 Å². The van der Waals surface area contributed by atoms with Crippen molar-refractivity contribution in [3.05, 3.63) is 0 Å². The first-order valence-electron chi connectivity index (χ1n) is 7.23. The second-order valence-electron chi connectivity index (χ2n) is 7.06. The van der Waals surface area contributed by atoms with Crippen LogP contribution >= 0.6 is 0 Å². The van der Waals surface area contributed by atoms with Crippen molar-refractivity contribution in [3.63, 3.8) is 0 Å². The van der Waals surface area contributed by atoms with E-state index in [0.29, 0.717) is 17.4 Å². The fourth-order valence-electron chi connectivity index (χ4n) is 3.10. The van der Waals surface area contributed by atoms with Gasteiger partial charge in [-0.1, -0.05) is 47.5 Å². The molecule has 0 saturated heterocycles. The van der Waals surface area contributed by atoms with Crippen molar-refractivity contribution in [3.8, 4) is 0 Å². The molecule has 2 nitrogen and oxygen atoms in total. The molecule has 3 atom stereocenters. The van der Waals surface area contributed by atoms with Gasteiger partial charge >= 0.3 is 0 Å². The van der Waals surface area contributed by atoms with Gasteiger partial charge in [0.05, 0.1) is 6.61 Å². The topological polar surface area (TPSA) is 32.3 Å². The Morgan fingerprint density at radius 2 is 1.76 bits per heavy atom. The van der Waals surface area contributed by atoms with E-state index in [9.17, 15) is 5.11 Å². The zero-order valence-corrected chi connectivity index (χ0v) is 12.3. The minimum atomic E-state index is 0.253. The van der Waals surface area contributed by atoms with Crippen LogP contribution in [0, 0.1) is 17.3 Å². The van der Waals surface area contributed by atoms with E-state index < -0.39 is 0 Å². The number of nitrogens with one attached hydrogen (secondary N) is 1. The summed E-state index contributed by atoms with van der Waals surface area (Å²) in [4.78, 5) is 0. The molecule has 0 amide bonds. The van der Waals surface area contributed by atoms with Gasteiger partial charge in [0, 0.05) is 12.1 Å². The summed E-state index contributed by atoms with van der Waals surface area (Å²) in [6.07, 6.45) is 5.30. The summed E-state index contributed by atoms with van der Waals surface area (Å²) >= 11 is 0. The van der Waals surface area contributed by atoms with Crippen LogP contribution in [0.25, 0.3) is 0 Å². The minimum Gasteiger partial charge on any atom is -0.395 e. The van der Waals surface area contributed by atoms with E-state index >= 15 is 0 Å². The first-order valence-corrected chi connectivity index (χ1v) is 7.23. The Morgan fingerprint density at radius 3 is 2.24 bits per heavy atom. The molecule has 2 heteroatoms. The summed E-state index contributed by atoms with van der Waals surface area (Å²) in [5.74, 6) is 1.24. The highest BCUT2D eigenvalue weighted by molar-refractivity contribution is 4.90. The maximum absolute atomic E-state index is 9.45. The van der Waals surface area contributed by atoms with Crippen LogP contribution in [0.4, 0.5) is 0 Å². The average molecular weight is 241 g/mol. The third-order valence-electron chi connectivity index (χ3n) is 4.31. The summed E-state index contributed by atoms with van der Waals surface area (Å²) in [5.41, 5.74) is 0.370. The van der Waals surface area contributed by atoms with Crippen molar-refractivity contribution in [2.24, 2.45) is 17.3 Å². The lowest BCUT2D eigenvalue weighted by atomic mass is 9.69. The molecule has 1 saturated carbocycles. The maximum Gasteiger partial charge on any atom is 0.0587 e. The van der Waals surface area contributed by atoms with Crippen molar-refractivity contribution in [1.29, 1.82) is 0 Å². The van der Waals surface area contributed by atoms with Crippen LogP contribution in [0.1, 0.15) is 60.3 Å². The van der Waals surface area contributed by atoms with E-state index in [0.717, 1.165) is 5.92 Å². The molecule has 1 rings (SSSR count). The van der Waals surface area contributed by atoms with Crippen molar-refractivity contribution in [1.82, 2.24) is 5.32 Å². The van der Waals surface area contributed by atoms with Crippen molar-refractivity contribution in [2.45, 2.75) is 72.4 Å². The normalized spacial score (nSPS) is 28.4. The number of aliphatic hydroxyl groups excluding tert-OH is 1. The highest BCUT2D eigenvalue weighted by atomic mass is 16.3. The summed E-state index contributed by atoms with van der Waals surface area (Å²) in [7, 11) is 0. The molecule has 0 bridgehead atoms. The van der Waals surface area contributed by atoms with Crippen LogP contribution in [-0.2, 0) is 0 Å². The third kappa shape index (κ3) is 4.26. The van der Waals surface area contributed by atoms with Crippen LogP contribution in [0.15, 0.2) is 0 Å². The molecule has 0 aliphatic heterocycles. The molecule has 2 N–H and O–H groups in total. The first-order chi connectivity index (χ1) is 7.86. The van der Waals surface area contributed by atoms with Gasteiger partial charge in [0.2, 0.25) is 0 Å². The van der Waals surface area contributed by atoms with E-state index in [1.54, 1.807) is 0 Å². The molecule has 0 spiro atoms. The van der Waals surface area contributed by atoms with E-state index in [1.807, 2.05) is 0 Å². The van der Waals surface area contributed by atoms with E-state index in [4.69, 9.17) is 0 Å². The molecular weight excluding hydrogens is 210 g/mol. The van der Waals surface area contributed by atoms with Crippen LogP contribution in [0.2, 0.25) is 0 Å². The molecule has 0 radical (unpaired) electrons. The zero-order valence-electron chi connectivity index (χ0n) is 12.3. The van der Waals surface area contributed by atoms with Crippen molar-refractivity contribution >= 4 is 0 Å². The second-order valence-corrected chi connectivity index (χ2v) is 7.06. The van der Waals surface area contributed by atoms with Crippen LogP contribution < -0.4 is 5.32 Å². The summed E-state index contributed by atoms with van der Waals surface area (Å²) in [6.45, 7) is 11.7. The van der Waals surface area contributed by atoms with E-state index in [2.05, 4.69) is 39.9 Å². The molecule has 0 aromatic rings. The fourth-order valence-corrected chi connectivity index (χ4v) is 3.10. The number of hydrogen-bond acceptors (Lipinski definition) is 2. The van der Waals surface area contributed by atoms with Gasteiger partial charge < -0.3 is 10.4 Å². The van der Waals surface area contributed by atoms with Crippen LogP contribution in [0.5, 0.6) is 0 Å². The molecule has 0 aromatic carbocycles. The molecule has 1 fully saturated rings. The lowest BCUT2D eigenvalue weighted by Gasteiger charge is -2.43. The van der Waals surface area contributed by atoms with Gasteiger partial charge in [-0.2, -0.15) is 0 Å². The molecule has 1 aliphatic rings. The Bertz CT molecular complexity index is 219. The Morgan fingerprint density at radius 1 is 1.18 bits per heavy atom. The van der Waals surface area contributed by atoms with Gasteiger partial charge in [0.1, 0.15) is 0 Å². The lowest BCUT2D eigenvalue weighted by molar-refractivity contribution is 0.102. The molecule has 3 unspecified atom stereocenters. The summed E-state index contributed by atoms with van der Waals surface area (Å²) in [6, 6.07) is 0.839. The highest BCUT2D eigenvalue weighted by Gasteiger charge is 2.35. The Kier molecular flexibility index (Phi) is 5.46.